The van der Waals surface area contributed by atoms with Gasteiger partial charge in [-0.2, -0.15) is 11.8 Å². The van der Waals surface area contributed by atoms with E-state index in [0.717, 1.165) is 28.9 Å². The number of thioether (sulfide) groups is 1. The average molecular weight is 391 g/mol. The summed E-state index contributed by atoms with van der Waals surface area (Å²) in [7, 11) is 1.49. The van der Waals surface area contributed by atoms with Gasteiger partial charge in [0.05, 0.1) is 6.54 Å². The molecule has 1 aromatic rings. The highest BCUT2D eigenvalue weighted by atomic mass is 32.2. The van der Waals surface area contributed by atoms with Crippen molar-refractivity contribution in [3.05, 3.63) is 17.0 Å². The molecular formula is C15H26N4O2S3. The summed E-state index contributed by atoms with van der Waals surface area (Å²) in [6.45, 7) is 0.561. The fourth-order valence-electron chi connectivity index (χ4n) is 2.62. The van der Waals surface area contributed by atoms with Gasteiger partial charge in [0.1, 0.15) is 4.21 Å². The van der Waals surface area contributed by atoms with E-state index in [4.69, 9.17) is 0 Å². The fraction of sp³-hybridized carbons (Fsp3) is 0.667. The van der Waals surface area contributed by atoms with Gasteiger partial charge in [-0.05, 0) is 37.7 Å². The Bertz CT molecular complexity index is 670. The van der Waals surface area contributed by atoms with Crippen LogP contribution in [-0.2, 0) is 16.6 Å². The lowest BCUT2D eigenvalue weighted by atomic mass is 10.2. The fourth-order valence-corrected chi connectivity index (χ4v) is 5.88. The predicted octanol–water partition coefficient (Wildman–Crippen LogP) is 1.95. The highest BCUT2D eigenvalue weighted by Gasteiger charge is 2.24. The Morgan fingerprint density at radius 2 is 2.17 bits per heavy atom. The average Bonchev–Trinajstić information content (AvgIpc) is 3.20. The molecule has 9 heteroatoms. The molecule has 0 radical (unpaired) electrons. The van der Waals surface area contributed by atoms with E-state index in [9.17, 15) is 8.42 Å². The molecule has 0 aliphatic heterocycles. The summed E-state index contributed by atoms with van der Waals surface area (Å²) in [6, 6.07) is 3.97. The van der Waals surface area contributed by atoms with Crippen LogP contribution in [0.25, 0.3) is 0 Å². The van der Waals surface area contributed by atoms with Gasteiger partial charge in [-0.25, -0.2) is 12.7 Å². The maximum Gasteiger partial charge on any atom is 0.252 e. The summed E-state index contributed by atoms with van der Waals surface area (Å²) >= 11 is 3.22. The molecule has 1 aliphatic carbocycles. The minimum Gasteiger partial charge on any atom is -0.354 e. The number of nitrogens with one attached hydrogen (secondary N) is 2. The molecule has 0 spiro atoms. The van der Waals surface area contributed by atoms with Gasteiger partial charge in [0.25, 0.3) is 10.0 Å². The number of thiophene rings is 1. The lowest BCUT2D eigenvalue weighted by molar-refractivity contribution is 0.523. The summed E-state index contributed by atoms with van der Waals surface area (Å²) in [4.78, 5) is 5.23. The summed E-state index contributed by atoms with van der Waals surface area (Å²) in [5.74, 6) is 0.771. The number of rotatable bonds is 6. The predicted molar refractivity (Wildman–Crippen MR) is 103 cm³/mol. The highest BCUT2D eigenvalue weighted by molar-refractivity contribution is 7.99. The Hall–Kier alpha value is -0.770. The molecule has 2 rings (SSSR count). The van der Waals surface area contributed by atoms with E-state index in [-0.39, 0.29) is 0 Å². The third kappa shape index (κ3) is 4.87. The van der Waals surface area contributed by atoms with Crippen molar-refractivity contribution >= 4 is 39.1 Å². The Morgan fingerprint density at radius 1 is 1.42 bits per heavy atom. The molecule has 2 atom stereocenters. The van der Waals surface area contributed by atoms with Gasteiger partial charge in [0, 0.05) is 37.3 Å². The number of hydrogen-bond acceptors (Lipinski definition) is 5. The zero-order valence-corrected chi connectivity index (χ0v) is 17.0. The standard InChI is InChI=1S/C15H26N4O2S3/c1-16-15(18-11-5-6-12(9-11)22-4)17-10-13-7-8-14(23-13)24(20,21)19(2)3/h7-8,11-12H,5-6,9-10H2,1-4H3,(H2,16,17,18). The third-order valence-electron chi connectivity index (χ3n) is 4.08. The van der Waals surface area contributed by atoms with Crippen LogP contribution >= 0.6 is 23.1 Å². The Kier molecular flexibility index (Phi) is 6.97. The van der Waals surface area contributed by atoms with Gasteiger partial charge < -0.3 is 10.6 Å². The van der Waals surface area contributed by atoms with E-state index in [1.165, 1.54) is 22.1 Å². The summed E-state index contributed by atoms with van der Waals surface area (Å²) < 4.78 is 25.8. The van der Waals surface area contributed by atoms with Crippen molar-refractivity contribution in [1.29, 1.82) is 0 Å². The van der Waals surface area contributed by atoms with Crippen molar-refractivity contribution in [2.24, 2.45) is 4.99 Å². The van der Waals surface area contributed by atoms with E-state index >= 15 is 0 Å². The normalized spacial score (nSPS) is 22.1. The van der Waals surface area contributed by atoms with Crippen molar-refractivity contribution < 1.29 is 8.42 Å². The maximum atomic E-state index is 12.1. The minimum absolute atomic E-state index is 0.367. The molecule has 1 heterocycles. The minimum atomic E-state index is -3.35. The largest absolute Gasteiger partial charge is 0.354 e. The lowest BCUT2D eigenvalue weighted by Crippen LogP contribution is -2.42. The molecule has 2 N–H and O–H groups in total. The molecule has 1 fully saturated rings. The van der Waals surface area contributed by atoms with Crippen LogP contribution in [0, 0.1) is 0 Å². The van der Waals surface area contributed by atoms with Crippen molar-refractivity contribution in [2.45, 2.75) is 41.3 Å². The number of hydrogen-bond donors (Lipinski definition) is 2. The topological polar surface area (TPSA) is 73.8 Å². The van der Waals surface area contributed by atoms with Crippen LogP contribution < -0.4 is 10.6 Å². The molecule has 136 valence electrons. The molecule has 1 aliphatic rings. The molecule has 0 saturated heterocycles. The highest BCUT2D eigenvalue weighted by Crippen LogP contribution is 2.28. The number of aliphatic imine (C=N–C) groups is 1. The quantitative estimate of drug-likeness (QED) is 0.574. The monoisotopic (exact) mass is 390 g/mol. The first-order chi connectivity index (χ1) is 11.4. The van der Waals surface area contributed by atoms with E-state index in [2.05, 4.69) is 21.9 Å². The van der Waals surface area contributed by atoms with Crippen LogP contribution in [0.3, 0.4) is 0 Å². The molecule has 0 bridgehead atoms. The van der Waals surface area contributed by atoms with Crippen LogP contribution in [0.4, 0.5) is 0 Å². The zero-order chi connectivity index (χ0) is 17.7. The molecular weight excluding hydrogens is 364 g/mol. The number of nitrogens with zero attached hydrogens (tertiary/aromatic N) is 2. The Labute approximate surface area is 153 Å². The van der Waals surface area contributed by atoms with Gasteiger partial charge >= 0.3 is 0 Å². The van der Waals surface area contributed by atoms with Crippen molar-refractivity contribution in [3.8, 4) is 0 Å². The van der Waals surface area contributed by atoms with Crippen molar-refractivity contribution in [3.63, 3.8) is 0 Å². The third-order valence-corrected chi connectivity index (χ3v) is 8.55. The number of guanidine groups is 1. The summed E-state index contributed by atoms with van der Waals surface area (Å²) in [6.07, 6.45) is 5.73. The molecule has 0 aromatic carbocycles. The first-order valence-electron chi connectivity index (χ1n) is 7.88. The molecule has 1 aromatic heterocycles. The van der Waals surface area contributed by atoms with Gasteiger partial charge in [0.15, 0.2) is 5.96 Å². The Morgan fingerprint density at radius 3 is 2.75 bits per heavy atom. The van der Waals surface area contributed by atoms with Gasteiger partial charge in [-0.15, -0.1) is 11.3 Å². The molecule has 1 saturated carbocycles. The number of sulfonamides is 1. The summed E-state index contributed by atoms with van der Waals surface area (Å²) in [5, 5.41) is 7.47. The second-order valence-corrected chi connectivity index (χ2v) is 10.6. The van der Waals surface area contributed by atoms with E-state index in [0.29, 0.717) is 16.8 Å². The van der Waals surface area contributed by atoms with Crippen LogP contribution in [-0.4, -0.2) is 57.4 Å². The van der Waals surface area contributed by atoms with Crippen LogP contribution in [0.2, 0.25) is 0 Å². The van der Waals surface area contributed by atoms with Gasteiger partial charge in [-0.1, -0.05) is 0 Å². The molecule has 0 amide bonds. The Balaban J connectivity index is 1.89. The summed E-state index contributed by atoms with van der Waals surface area (Å²) in [5.41, 5.74) is 0. The van der Waals surface area contributed by atoms with Crippen molar-refractivity contribution in [1.82, 2.24) is 14.9 Å². The van der Waals surface area contributed by atoms with Gasteiger partial charge in [-0.3, -0.25) is 4.99 Å². The van der Waals surface area contributed by atoms with Crippen LogP contribution in [0.1, 0.15) is 24.1 Å². The van der Waals surface area contributed by atoms with E-state index in [1.807, 2.05) is 17.8 Å². The maximum absolute atomic E-state index is 12.1. The molecule has 24 heavy (non-hydrogen) atoms. The molecule has 2 unspecified atom stereocenters. The van der Waals surface area contributed by atoms with Crippen molar-refractivity contribution in [2.75, 3.05) is 27.4 Å². The molecule has 6 nitrogen and oxygen atoms in total. The van der Waals surface area contributed by atoms with Gasteiger partial charge in [0.2, 0.25) is 0 Å². The second-order valence-electron chi connectivity index (χ2n) is 5.95. The smallest absolute Gasteiger partial charge is 0.252 e. The zero-order valence-electron chi connectivity index (χ0n) is 14.6. The second kappa shape index (κ2) is 8.55. The van der Waals surface area contributed by atoms with E-state index in [1.54, 1.807) is 27.2 Å². The lowest BCUT2D eigenvalue weighted by Gasteiger charge is -2.17. The first-order valence-corrected chi connectivity index (χ1v) is 11.4. The van der Waals surface area contributed by atoms with E-state index < -0.39 is 10.0 Å². The van der Waals surface area contributed by atoms with Crippen LogP contribution in [0.5, 0.6) is 0 Å². The van der Waals surface area contributed by atoms with Crippen LogP contribution in [0.15, 0.2) is 21.3 Å². The first kappa shape index (κ1) is 19.6. The SMILES string of the molecule is CN=C(NCc1ccc(S(=O)(=O)N(C)C)s1)NC1CCC(SC)C1.